The van der Waals surface area contributed by atoms with Gasteiger partial charge in [-0.2, -0.15) is 0 Å². The number of rotatable bonds is 6. The molecule has 0 aliphatic rings. The number of hydrogen-bond donors (Lipinski definition) is 0. The van der Waals surface area contributed by atoms with Crippen LogP contribution in [0.15, 0.2) is 34.8 Å². The Balaban J connectivity index is 3.24. The standard InChI is InChI=1S/C17H24ClNO/c1-6-20-16-9-7-8-15(11-16)17(19-14(5)18)13(4)10-12(2)3/h7-9,11-12H,6,10H2,1-5H3/b17-13+,19-14?. The van der Waals surface area contributed by atoms with Crippen molar-refractivity contribution in [3.8, 4) is 5.75 Å². The van der Waals surface area contributed by atoms with E-state index in [4.69, 9.17) is 16.3 Å². The zero-order valence-electron chi connectivity index (χ0n) is 13.0. The van der Waals surface area contributed by atoms with Gasteiger partial charge in [-0.05, 0) is 50.8 Å². The third kappa shape index (κ3) is 5.38. The highest BCUT2D eigenvalue weighted by atomic mass is 35.5. The Hall–Kier alpha value is -1.28. The summed E-state index contributed by atoms with van der Waals surface area (Å²) in [5.74, 6) is 1.45. The number of benzene rings is 1. The summed E-state index contributed by atoms with van der Waals surface area (Å²) in [6.07, 6.45) is 1.00. The molecule has 0 aromatic heterocycles. The van der Waals surface area contributed by atoms with Crippen molar-refractivity contribution in [1.29, 1.82) is 0 Å². The monoisotopic (exact) mass is 293 g/mol. The summed E-state index contributed by atoms with van der Waals surface area (Å²) in [4.78, 5) is 4.51. The Labute approximate surface area is 127 Å². The maximum atomic E-state index is 5.99. The molecule has 0 unspecified atom stereocenters. The van der Waals surface area contributed by atoms with Crippen molar-refractivity contribution in [2.45, 2.75) is 41.0 Å². The topological polar surface area (TPSA) is 21.6 Å². The van der Waals surface area contributed by atoms with Crippen LogP contribution in [0.4, 0.5) is 0 Å². The van der Waals surface area contributed by atoms with Gasteiger partial charge in [0.2, 0.25) is 0 Å². The molecule has 1 aromatic rings. The van der Waals surface area contributed by atoms with Crippen LogP contribution in [0.1, 0.15) is 46.6 Å². The number of halogens is 1. The van der Waals surface area contributed by atoms with Crippen LogP contribution >= 0.6 is 11.6 Å². The number of nitrogens with zero attached hydrogens (tertiary/aromatic N) is 1. The Morgan fingerprint density at radius 3 is 2.55 bits per heavy atom. The van der Waals surface area contributed by atoms with E-state index in [0.717, 1.165) is 23.4 Å². The van der Waals surface area contributed by atoms with Crippen molar-refractivity contribution < 1.29 is 4.74 Å². The molecule has 20 heavy (non-hydrogen) atoms. The molecule has 0 heterocycles. The Morgan fingerprint density at radius 2 is 2.00 bits per heavy atom. The van der Waals surface area contributed by atoms with Crippen LogP contribution in [0.2, 0.25) is 0 Å². The maximum Gasteiger partial charge on any atom is 0.119 e. The van der Waals surface area contributed by atoms with E-state index in [1.807, 2.05) is 31.2 Å². The van der Waals surface area contributed by atoms with Crippen LogP contribution < -0.4 is 4.74 Å². The molecule has 3 heteroatoms. The molecule has 0 fully saturated rings. The van der Waals surface area contributed by atoms with Crippen molar-refractivity contribution in [2.75, 3.05) is 6.61 Å². The second kappa shape index (κ2) is 8.11. The van der Waals surface area contributed by atoms with Crippen LogP contribution in [0.3, 0.4) is 0 Å². The zero-order valence-corrected chi connectivity index (χ0v) is 13.8. The summed E-state index contributed by atoms with van der Waals surface area (Å²) in [7, 11) is 0. The minimum Gasteiger partial charge on any atom is -0.494 e. The fourth-order valence-corrected chi connectivity index (χ4v) is 2.25. The average molecular weight is 294 g/mol. The first kappa shape index (κ1) is 16.8. The predicted molar refractivity (Wildman–Crippen MR) is 88.6 cm³/mol. The largest absolute Gasteiger partial charge is 0.494 e. The van der Waals surface area contributed by atoms with E-state index in [0.29, 0.717) is 17.7 Å². The minimum atomic E-state index is 0.546. The van der Waals surface area contributed by atoms with E-state index in [1.54, 1.807) is 6.92 Å². The first-order valence-electron chi connectivity index (χ1n) is 7.07. The van der Waals surface area contributed by atoms with Crippen LogP contribution in [0.25, 0.3) is 5.70 Å². The smallest absolute Gasteiger partial charge is 0.119 e. The van der Waals surface area contributed by atoms with Gasteiger partial charge in [0.15, 0.2) is 0 Å². The van der Waals surface area contributed by atoms with Gasteiger partial charge in [0.25, 0.3) is 0 Å². The third-order valence-electron chi connectivity index (χ3n) is 2.80. The molecule has 0 radical (unpaired) electrons. The molecular weight excluding hydrogens is 270 g/mol. The summed E-state index contributed by atoms with van der Waals surface area (Å²) in [6, 6.07) is 8.01. The molecule has 0 aliphatic carbocycles. The first-order chi connectivity index (χ1) is 9.43. The quantitative estimate of drug-likeness (QED) is 0.633. The summed E-state index contributed by atoms with van der Waals surface area (Å²) in [5.41, 5.74) is 3.25. The van der Waals surface area contributed by atoms with Crippen LogP contribution in [0, 0.1) is 5.92 Å². The van der Waals surface area contributed by atoms with Crippen molar-refractivity contribution in [3.05, 3.63) is 35.4 Å². The van der Waals surface area contributed by atoms with Gasteiger partial charge in [0.05, 0.1) is 12.3 Å². The van der Waals surface area contributed by atoms with Crippen molar-refractivity contribution in [3.63, 3.8) is 0 Å². The van der Waals surface area contributed by atoms with E-state index in [9.17, 15) is 0 Å². The van der Waals surface area contributed by atoms with Crippen LogP contribution in [0.5, 0.6) is 5.75 Å². The second-order valence-corrected chi connectivity index (χ2v) is 5.84. The molecule has 0 atom stereocenters. The van der Waals surface area contributed by atoms with E-state index in [-0.39, 0.29) is 0 Å². The van der Waals surface area contributed by atoms with Crippen LogP contribution in [-0.2, 0) is 0 Å². The molecule has 0 amide bonds. The highest BCUT2D eigenvalue weighted by Gasteiger charge is 2.08. The first-order valence-corrected chi connectivity index (χ1v) is 7.45. The Kier molecular flexibility index (Phi) is 6.80. The highest BCUT2D eigenvalue weighted by molar-refractivity contribution is 6.65. The lowest BCUT2D eigenvalue weighted by molar-refractivity contribution is 0.340. The predicted octanol–water partition coefficient (Wildman–Crippen LogP) is 5.52. The van der Waals surface area contributed by atoms with E-state index >= 15 is 0 Å². The second-order valence-electron chi connectivity index (χ2n) is 5.30. The Bertz CT molecular complexity index is 499. The molecule has 0 saturated carbocycles. The molecule has 0 spiro atoms. The van der Waals surface area contributed by atoms with Gasteiger partial charge >= 0.3 is 0 Å². The maximum absolute atomic E-state index is 5.99. The fraction of sp³-hybridized carbons (Fsp3) is 0.471. The molecule has 0 saturated heterocycles. The van der Waals surface area contributed by atoms with Gasteiger partial charge in [-0.25, -0.2) is 4.99 Å². The summed E-state index contributed by atoms with van der Waals surface area (Å²) < 4.78 is 5.56. The number of allylic oxidation sites excluding steroid dienone is 1. The molecule has 0 aliphatic heterocycles. The average Bonchev–Trinajstić information content (AvgIpc) is 2.35. The summed E-state index contributed by atoms with van der Waals surface area (Å²) in [6.45, 7) is 11.0. The van der Waals surface area contributed by atoms with Gasteiger partial charge in [-0.3, -0.25) is 0 Å². The normalized spacial score (nSPS) is 13.4. The summed E-state index contributed by atoms with van der Waals surface area (Å²) >= 11 is 5.99. The minimum absolute atomic E-state index is 0.546. The zero-order chi connectivity index (χ0) is 15.1. The third-order valence-corrected chi connectivity index (χ3v) is 2.89. The van der Waals surface area contributed by atoms with Gasteiger partial charge in [0, 0.05) is 5.56 Å². The molecule has 1 rings (SSSR count). The number of aliphatic imine (C=N–C) groups is 1. The van der Waals surface area contributed by atoms with Gasteiger partial charge in [0.1, 0.15) is 10.9 Å². The molecule has 110 valence electrons. The van der Waals surface area contributed by atoms with Crippen molar-refractivity contribution >= 4 is 22.5 Å². The van der Waals surface area contributed by atoms with Gasteiger partial charge < -0.3 is 4.74 Å². The summed E-state index contributed by atoms with van der Waals surface area (Å²) in [5, 5.41) is 0.546. The van der Waals surface area contributed by atoms with E-state index in [1.165, 1.54) is 5.57 Å². The molecule has 0 N–H and O–H groups in total. The van der Waals surface area contributed by atoms with Crippen molar-refractivity contribution in [2.24, 2.45) is 10.9 Å². The number of ether oxygens (including phenoxy) is 1. The lowest BCUT2D eigenvalue weighted by atomic mass is 9.99. The highest BCUT2D eigenvalue weighted by Crippen LogP contribution is 2.27. The van der Waals surface area contributed by atoms with E-state index < -0.39 is 0 Å². The SMILES string of the molecule is CCOc1cccc(/C(N=C(C)Cl)=C(/C)CC(C)C)c1. The lowest BCUT2D eigenvalue weighted by Crippen LogP contribution is -1.96. The lowest BCUT2D eigenvalue weighted by Gasteiger charge is -2.12. The van der Waals surface area contributed by atoms with Crippen LogP contribution in [-0.4, -0.2) is 11.8 Å². The van der Waals surface area contributed by atoms with Gasteiger partial charge in [-0.15, -0.1) is 0 Å². The Morgan fingerprint density at radius 1 is 1.30 bits per heavy atom. The number of hydrogen-bond acceptors (Lipinski definition) is 2. The molecule has 0 bridgehead atoms. The fourth-order valence-electron chi connectivity index (χ4n) is 2.17. The molecule has 1 aromatic carbocycles. The van der Waals surface area contributed by atoms with E-state index in [2.05, 4.69) is 25.8 Å². The van der Waals surface area contributed by atoms with Gasteiger partial charge in [-0.1, -0.05) is 37.6 Å². The molecular formula is C17H24ClNO. The molecule has 2 nitrogen and oxygen atoms in total. The van der Waals surface area contributed by atoms with Crippen molar-refractivity contribution in [1.82, 2.24) is 0 Å².